The molecule has 0 spiro atoms. The van der Waals surface area contributed by atoms with Crippen LogP contribution < -0.4 is 5.32 Å². The molecule has 1 N–H and O–H groups in total. The third-order valence-corrected chi connectivity index (χ3v) is 4.12. The van der Waals surface area contributed by atoms with E-state index in [1.807, 2.05) is 0 Å². The lowest BCUT2D eigenvalue weighted by Gasteiger charge is -2.40. The highest BCUT2D eigenvalue weighted by Crippen LogP contribution is 2.32. The molecule has 24 heavy (non-hydrogen) atoms. The highest BCUT2D eigenvalue weighted by Gasteiger charge is 2.47. The van der Waals surface area contributed by atoms with Crippen molar-refractivity contribution in [3.05, 3.63) is 35.1 Å². The Labute approximate surface area is 136 Å². The molecule has 2 amide bonds. The third-order valence-electron chi connectivity index (χ3n) is 4.12. The number of nitrogens with one attached hydrogen (secondary N) is 1. The largest absolute Gasteiger partial charge is 0.408 e. The number of hydrogen-bond acceptors (Lipinski definition) is 2. The smallest absolute Gasteiger partial charge is 0.348 e. The van der Waals surface area contributed by atoms with Gasteiger partial charge in [0.2, 0.25) is 5.91 Å². The summed E-state index contributed by atoms with van der Waals surface area (Å²) in [4.78, 5) is 24.4. The van der Waals surface area contributed by atoms with Crippen LogP contribution in [-0.2, 0) is 4.79 Å². The van der Waals surface area contributed by atoms with Crippen LogP contribution in [0.25, 0.3) is 0 Å². The molecule has 1 aromatic carbocycles. The lowest BCUT2D eigenvalue weighted by molar-refractivity contribution is -0.196. The Hall–Kier alpha value is -2.12. The van der Waals surface area contributed by atoms with Gasteiger partial charge in [-0.3, -0.25) is 9.59 Å². The number of amides is 2. The van der Waals surface area contributed by atoms with E-state index in [-0.39, 0.29) is 24.9 Å². The van der Waals surface area contributed by atoms with Crippen molar-refractivity contribution in [2.45, 2.75) is 44.9 Å². The first kappa shape index (κ1) is 18.2. The van der Waals surface area contributed by atoms with Crippen molar-refractivity contribution >= 4 is 11.8 Å². The van der Waals surface area contributed by atoms with E-state index < -0.39 is 35.9 Å². The second kappa shape index (κ2) is 6.78. The first-order valence-electron chi connectivity index (χ1n) is 7.50. The number of rotatable bonds is 2. The van der Waals surface area contributed by atoms with Crippen LogP contribution in [0.4, 0.5) is 17.6 Å². The van der Waals surface area contributed by atoms with Crippen molar-refractivity contribution in [1.82, 2.24) is 10.2 Å². The molecule has 2 rings (SSSR count). The highest BCUT2D eigenvalue weighted by atomic mass is 19.4. The van der Waals surface area contributed by atoms with Crippen molar-refractivity contribution in [3.8, 4) is 0 Å². The van der Waals surface area contributed by atoms with Crippen LogP contribution in [0.2, 0.25) is 0 Å². The summed E-state index contributed by atoms with van der Waals surface area (Å²) in [7, 11) is 0. The number of nitrogens with zero attached hydrogens (tertiary/aromatic N) is 1. The quantitative estimate of drug-likeness (QED) is 0.837. The van der Waals surface area contributed by atoms with E-state index in [0.29, 0.717) is 5.56 Å². The molecule has 1 fully saturated rings. The zero-order chi connectivity index (χ0) is 18.1. The number of aryl methyl sites for hydroxylation is 1. The standard InChI is InChI=1S/C16H18F4N2O2/c1-9-7-11(3-5-13(9)17)15(24)21-12-4-6-14(16(18,19)20)22(8-12)10(2)23/h3,5,7,12,14H,4,6,8H2,1-2H3,(H,21,24). The summed E-state index contributed by atoms with van der Waals surface area (Å²) in [5.41, 5.74) is 0.523. The molecule has 1 aromatic rings. The van der Waals surface area contributed by atoms with Gasteiger partial charge in [0.25, 0.3) is 5.91 Å². The van der Waals surface area contributed by atoms with E-state index in [1.54, 1.807) is 0 Å². The fraction of sp³-hybridized carbons (Fsp3) is 0.500. The molecule has 8 heteroatoms. The number of piperidine rings is 1. The second-order valence-electron chi connectivity index (χ2n) is 5.94. The average molecular weight is 346 g/mol. The van der Waals surface area contributed by atoms with Gasteiger partial charge in [0, 0.05) is 25.1 Å². The number of halogens is 4. The van der Waals surface area contributed by atoms with Gasteiger partial charge in [-0.05, 0) is 43.5 Å². The molecular formula is C16H18F4N2O2. The Morgan fingerprint density at radius 1 is 1.25 bits per heavy atom. The average Bonchev–Trinajstić information content (AvgIpc) is 2.48. The summed E-state index contributed by atoms with van der Waals surface area (Å²) in [5.74, 6) is -1.63. The van der Waals surface area contributed by atoms with E-state index in [0.717, 1.165) is 17.9 Å². The SMILES string of the molecule is CC(=O)N1CC(NC(=O)c2ccc(F)c(C)c2)CCC1C(F)(F)F. The molecule has 1 aliphatic heterocycles. The number of carbonyl (C=O) groups excluding carboxylic acids is 2. The molecule has 2 atom stereocenters. The van der Waals surface area contributed by atoms with Gasteiger partial charge in [0.15, 0.2) is 0 Å². The molecule has 132 valence electrons. The Kier molecular flexibility index (Phi) is 5.15. The minimum atomic E-state index is -4.49. The lowest BCUT2D eigenvalue weighted by Crippen LogP contribution is -2.57. The molecule has 0 aromatic heterocycles. The summed E-state index contributed by atoms with van der Waals surface area (Å²) in [6.07, 6.45) is -4.65. The maximum absolute atomic E-state index is 13.2. The van der Waals surface area contributed by atoms with Crippen LogP contribution in [0.1, 0.15) is 35.7 Å². The topological polar surface area (TPSA) is 49.4 Å². The van der Waals surface area contributed by atoms with Crippen molar-refractivity contribution in [2.24, 2.45) is 0 Å². The van der Waals surface area contributed by atoms with E-state index in [4.69, 9.17) is 0 Å². The molecule has 4 nitrogen and oxygen atoms in total. The van der Waals surface area contributed by atoms with Gasteiger partial charge in [-0.25, -0.2) is 4.39 Å². The van der Waals surface area contributed by atoms with Crippen LogP contribution in [-0.4, -0.2) is 41.5 Å². The maximum Gasteiger partial charge on any atom is 0.408 e. The minimum Gasteiger partial charge on any atom is -0.348 e. The van der Waals surface area contributed by atoms with Crippen molar-refractivity contribution in [2.75, 3.05) is 6.54 Å². The minimum absolute atomic E-state index is 0.111. The van der Waals surface area contributed by atoms with Gasteiger partial charge in [0.05, 0.1) is 0 Å². The van der Waals surface area contributed by atoms with Crippen LogP contribution in [0.5, 0.6) is 0 Å². The molecule has 2 unspecified atom stereocenters. The third kappa shape index (κ3) is 4.04. The molecule has 1 aliphatic rings. The summed E-state index contributed by atoms with van der Waals surface area (Å²) < 4.78 is 52.1. The highest BCUT2D eigenvalue weighted by molar-refractivity contribution is 5.94. The number of alkyl halides is 3. The molecule has 0 radical (unpaired) electrons. The lowest BCUT2D eigenvalue weighted by atomic mass is 9.97. The monoisotopic (exact) mass is 346 g/mol. The molecule has 1 saturated heterocycles. The number of carbonyl (C=O) groups is 2. The Bertz CT molecular complexity index is 645. The van der Waals surface area contributed by atoms with Crippen molar-refractivity contribution in [1.29, 1.82) is 0 Å². The summed E-state index contributed by atoms with van der Waals surface area (Å²) in [5, 5.41) is 2.62. The van der Waals surface area contributed by atoms with Crippen LogP contribution in [0.15, 0.2) is 18.2 Å². The second-order valence-corrected chi connectivity index (χ2v) is 5.94. The van der Waals surface area contributed by atoms with Gasteiger partial charge in [-0.1, -0.05) is 0 Å². The summed E-state index contributed by atoms with van der Waals surface area (Å²) in [6.45, 7) is 2.38. The molecule has 0 aliphatic carbocycles. The van der Waals surface area contributed by atoms with E-state index in [1.165, 1.54) is 19.1 Å². The van der Waals surface area contributed by atoms with Gasteiger partial charge in [-0.2, -0.15) is 13.2 Å². The maximum atomic E-state index is 13.2. The van der Waals surface area contributed by atoms with Gasteiger partial charge in [0.1, 0.15) is 11.9 Å². The normalized spacial score (nSPS) is 21.5. The van der Waals surface area contributed by atoms with E-state index in [9.17, 15) is 27.2 Å². The molecular weight excluding hydrogens is 328 g/mol. The fourth-order valence-corrected chi connectivity index (χ4v) is 2.83. The van der Waals surface area contributed by atoms with E-state index in [2.05, 4.69) is 5.32 Å². The van der Waals surface area contributed by atoms with E-state index >= 15 is 0 Å². The van der Waals surface area contributed by atoms with Gasteiger partial charge in [-0.15, -0.1) is 0 Å². The molecule has 0 bridgehead atoms. The number of hydrogen-bond donors (Lipinski definition) is 1. The summed E-state index contributed by atoms with van der Waals surface area (Å²) in [6, 6.07) is 1.44. The zero-order valence-corrected chi connectivity index (χ0v) is 13.3. The van der Waals surface area contributed by atoms with Crippen molar-refractivity contribution in [3.63, 3.8) is 0 Å². The number of benzene rings is 1. The van der Waals surface area contributed by atoms with Gasteiger partial charge >= 0.3 is 6.18 Å². The Morgan fingerprint density at radius 3 is 2.46 bits per heavy atom. The Morgan fingerprint density at radius 2 is 1.92 bits per heavy atom. The molecule has 0 saturated carbocycles. The van der Waals surface area contributed by atoms with Crippen LogP contribution >= 0.6 is 0 Å². The predicted molar refractivity (Wildman–Crippen MR) is 78.9 cm³/mol. The van der Waals surface area contributed by atoms with Crippen molar-refractivity contribution < 1.29 is 27.2 Å². The summed E-state index contributed by atoms with van der Waals surface area (Å²) >= 11 is 0. The van der Waals surface area contributed by atoms with Crippen LogP contribution in [0.3, 0.4) is 0 Å². The zero-order valence-electron chi connectivity index (χ0n) is 13.3. The van der Waals surface area contributed by atoms with Gasteiger partial charge < -0.3 is 10.2 Å². The van der Waals surface area contributed by atoms with Crippen LogP contribution in [0, 0.1) is 12.7 Å². The number of likely N-dealkylation sites (tertiary alicyclic amines) is 1. The fourth-order valence-electron chi connectivity index (χ4n) is 2.83. The molecule has 1 heterocycles. The Balaban J connectivity index is 2.07. The predicted octanol–water partition coefficient (Wildman–Crippen LogP) is 2.81. The first-order chi connectivity index (χ1) is 11.1. The first-order valence-corrected chi connectivity index (χ1v) is 7.50.